The number of carbonyl (C=O) groups excluding carboxylic acids is 1. The summed E-state index contributed by atoms with van der Waals surface area (Å²) in [6, 6.07) is 2.60. The third kappa shape index (κ3) is 2.89. The van der Waals surface area contributed by atoms with Crippen LogP contribution in [0.2, 0.25) is 0 Å². The van der Waals surface area contributed by atoms with Crippen LogP contribution in [0, 0.1) is 0 Å². The van der Waals surface area contributed by atoms with Gasteiger partial charge in [0.25, 0.3) is 5.91 Å². The van der Waals surface area contributed by atoms with Crippen molar-refractivity contribution < 1.29 is 14.7 Å². The Morgan fingerprint density at radius 3 is 2.80 bits per heavy atom. The van der Waals surface area contributed by atoms with Crippen molar-refractivity contribution in [1.82, 2.24) is 9.88 Å². The van der Waals surface area contributed by atoms with E-state index in [0.717, 1.165) is 12.8 Å². The maximum atomic E-state index is 12.5. The number of hydrogen-bond acceptors (Lipinski definition) is 4. The van der Waals surface area contributed by atoms with E-state index in [-0.39, 0.29) is 5.91 Å². The van der Waals surface area contributed by atoms with Crippen molar-refractivity contribution in [2.75, 3.05) is 25.5 Å². The summed E-state index contributed by atoms with van der Waals surface area (Å²) in [7, 11) is 3.69. The molecule has 1 aliphatic heterocycles. The molecule has 0 bridgehead atoms. The van der Waals surface area contributed by atoms with Gasteiger partial charge in [0.05, 0.1) is 0 Å². The molecule has 0 radical (unpaired) electrons. The van der Waals surface area contributed by atoms with Crippen molar-refractivity contribution in [3.63, 3.8) is 0 Å². The smallest absolute Gasteiger partial charge is 0.326 e. The van der Waals surface area contributed by atoms with E-state index < -0.39 is 12.0 Å². The Labute approximate surface area is 118 Å². The highest BCUT2D eigenvalue weighted by Gasteiger charge is 2.32. The predicted molar refractivity (Wildman–Crippen MR) is 74.9 cm³/mol. The van der Waals surface area contributed by atoms with Gasteiger partial charge in [-0.05, 0) is 31.4 Å². The van der Waals surface area contributed by atoms with Gasteiger partial charge in [-0.25, -0.2) is 9.78 Å². The number of aromatic nitrogens is 1. The minimum atomic E-state index is -0.931. The summed E-state index contributed by atoms with van der Waals surface area (Å²) in [6.45, 7) is 0.495. The fraction of sp³-hybridized carbons (Fsp3) is 0.500. The number of rotatable bonds is 3. The summed E-state index contributed by atoms with van der Waals surface area (Å²) in [5, 5.41) is 9.23. The van der Waals surface area contributed by atoms with Crippen molar-refractivity contribution in [2.45, 2.75) is 25.3 Å². The second-order valence-electron chi connectivity index (χ2n) is 5.15. The highest BCUT2D eigenvalue weighted by molar-refractivity contribution is 5.97. The number of carbonyl (C=O) groups is 2. The number of pyridine rings is 1. The molecule has 1 atom stereocenters. The zero-order valence-electron chi connectivity index (χ0n) is 11.7. The van der Waals surface area contributed by atoms with E-state index in [1.807, 2.05) is 19.0 Å². The van der Waals surface area contributed by atoms with Crippen LogP contribution < -0.4 is 4.90 Å². The average molecular weight is 277 g/mol. The monoisotopic (exact) mass is 277 g/mol. The molecule has 1 N–H and O–H groups in total. The molecule has 6 heteroatoms. The van der Waals surface area contributed by atoms with E-state index in [0.29, 0.717) is 24.3 Å². The van der Waals surface area contributed by atoms with Crippen LogP contribution in [0.25, 0.3) is 0 Å². The number of carboxylic acids is 1. The number of likely N-dealkylation sites (tertiary alicyclic amines) is 1. The molecule has 0 spiro atoms. The van der Waals surface area contributed by atoms with Gasteiger partial charge < -0.3 is 14.9 Å². The summed E-state index contributed by atoms with van der Waals surface area (Å²) in [4.78, 5) is 31.2. The lowest BCUT2D eigenvalue weighted by atomic mass is 10.0. The molecule has 6 nitrogen and oxygen atoms in total. The van der Waals surface area contributed by atoms with E-state index in [4.69, 9.17) is 0 Å². The van der Waals surface area contributed by atoms with Gasteiger partial charge in [-0.2, -0.15) is 0 Å². The van der Waals surface area contributed by atoms with Gasteiger partial charge in [-0.15, -0.1) is 0 Å². The second kappa shape index (κ2) is 5.90. The summed E-state index contributed by atoms with van der Waals surface area (Å²) in [5.74, 6) is -0.484. The average Bonchev–Trinajstić information content (AvgIpc) is 2.46. The first-order chi connectivity index (χ1) is 9.50. The first-order valence-electron chi connectivity index (χ1n) is 6.68. The van der Waals surface area contributed by atoms with Crippen LogP contribution in [-0.2, 0) is 4.79 Å². The van der Waals surface area contributed by atoms with E-state index in [1.54, 1.807) is 18.3 Å². The number of aliphatic carboxylic acids is 1. The van der Waals surface area contributed by atoms with Crippen molar-refractivity contribution in [2.24, 2.45) is 0 Å². The number of carboxylic acid groups (broad SMARTS) is 1. The standard InChI is InChI=1S/C14H19N3O3/c1-16(2)12-9-10(6-7-15-12)13(18)17-8-4-3-5-11(17)14(19)20/h6-7,9,11H,3-5,8H2,1-2H3,(H,19,20)/t11-/m0/s1. The molecule has 0 saturated carbocycles. The lowest BCUT2D eigenvalue weighted by molar-refractivity contribution is -0.143. The Morgan fingerprint density at radius 1 is 1.40 bits per heavy atom. The molecule has 0 aromatic carbocycles. The molecule has 1 aromatic heterocycles. The van der Waals surface area contributed by atoms with Gasteiger partial charge in [-0.1, -0.05) is 0 Å². The van der Waals surface area contributed by atoms with Crippen molar-refractivity contribution in [3.8, 4) is 0 Å². The molecule has 1 amide bonds. The van der Waals surface area contributed by atoms with Crippen LogP contribution in [0.1, 0.15) is 29.6 Å². The summed E-state index contributed by atoms with van der Waals surface area (Å²) in [6.07, 6.45) is 3.79. The topological polar surface area (TPSA) is 73.7 Å². The fourth-order valence-corrected chi connectivity index (χ4v) is 2.39. The Kier molecular flexibility index (Phi) is 4.22. The molecule has 2 rings (SSSR count). The number of nitrogens with zero attached hydrogens (tertiary/aromatic N) is 3. The zero-order valence-corrected chi connectivity index (χ0v) is 11.7. The summed E-state index contributed by atoms with van der Waals surface area (Å²) < 4.78 is 0. The van der Waals surface area contributed by atoms with Crippen molar-refractivity contribution in [1.29, 1.82) is 0 Å². The Bertz CT molecular complexity index is 516. The molecule has 2 heterocycles. The van der Waals surface area contributed by atoms with E-state index in [2.05, 4.69) is 4.98 Å². The molecular weight excluding hydrogens is 258 g/mol. The third-order valence-corrected chi connectivity index (χ3v) is 3.50. The van der Waals surface area contributed by atoms with Crippen molar-refractivity contribution >= 4 is 17.7 Å². The van der Waals surface area contributed by atoms with Gasteiger partial charge in [0.1, 0.15) is 11.9 Å². The van der Waals surface area contributed by atoms with Crippen LogP contribution in [0.3, 0.4) is 0 Å². The number of piperidine rings is 1. The second-order valence-corrected chi connectivity index (χ2v) is 5.15. The maximum Gasteiger partial charge on any atom is 0.326 e. The normalized spacial score (nSPS) is 18.7. The molecule has 1 fully saturated rings. The minimum Gasteiger partial charge on any atom is -0.480 e. The zero-order chi connectivity index (χ0) is 14.7. The number of hydrogen-bond donors (Lipinski definition) is 1. The first kappa shape index (κ1) is 14.3. The first-order valence-corrected chi connectivity index (χ1v) is 6.68. The lowest BCUT2D eigenvalue weighted by Crippen LogP contribution is -2.48. The van der Waals surface area contributed by atoms with Gasteiger partial charge in [-0.3, -0.25) is 4.79 Å². The van der Waals surface area contributed by atoms with E-state index >= 15 is 0 Å². The van der Waals surface area contributed by atoms with E-state index in [1.165, 1.54) is 4.90 Å². The van der Waals surface area contributed by atoms with Crippen molar-refractivity contribution in [3.05, 3.63) is 23.9 Å². The van der Waals surface area contributed by atoms with Gasteiger partial charge in [0.15, 0.2) is 0 Å². The highest BCUT2D eigenvalue weighted by atomic mass is 16.4. The van der Waals surface area contributed by atoms with Gasteiger partial charge in [0, 0.05) is 32.4 Å². The van der Waals surface area contributed by atoms with Crippen LogP contribution in [0.4, 0.5) is 5.82 Å². The molecule has 20 heavy (non-hydrogen) atoms. The molecular formula is C14H19N3O3. The summed E-state index contributed by atoms with van der Waals surface area (Å²) in [5.41, 5.74) is 0.483. The van der Waals surface area contributed by atoms with Crippen LogP contribution in [-0.4, -0.2) is 53.5 Å². The van der Waals surface area contributed by atoms with Crippen LogP contribution in [0.5, 0.6) is 0 Å². The molecule has 0 aliphatic carbocycles. The minimum absolute atomic E-state index is 0.234. The van der Waals surface area contributed by atoms with Gasteiger partial charge >= 0.3 is 5.97 Å². The quantitative estimate of drug-likeness (QED) is 0.899. The predicted octanol–water partition coefficient (Wildman–Crippen LogP) is 1.23. The lowest BCUT2D eigenvalue weighted by Gasteiger charge is -2.33. The maximum absolute atomic E-state index is 12.5. The number of anilines is 1. The van der Waals surface area contributed by atoms with E-state index in [9.17, 15) is 14.7 Å². The third-order valence-electron chi connectivity index (χ3n) is 3.50. The largest absolute Gasteiger partial charge is 0.480 e. The number of amides is 1. The Hall–Kier alpha value is -2.11. The van der Waals surface area contributed by atoms with Gasteiger partial charge in [0.2, 0.25) is 0 Å². The molecule has 1 aliphatic rings. The Balaban J connectivity index is 2.25. The molecule has 1 saturated heterocycles. The van der Waals surface area contributed by atoms with Crippen LogP contribution in [0.15, 0.2) is 18.3 Å². The highest BCUT2D eigenvalue weighted by Crippen LogP contribution is 2.21. The fourth-order valence-electron chi connectivity index (χ4n) is 2.39. The molecule has 108 valence electrons. The van der Waals surface area contributed by atoms with Crippen LogP contribution >= 0.6 is 0 Å². The summed E-state index contributed by atoms with van der Waals surface area (Å²) >= 11 is 0. The SMILES string of the molecule is CN(C)c1cc(C(=O)N2CCCC[C@H]2C(=O)O)ccn1. The Morgan fingerprint density at radius 2 is 2.15 bits per heavy atom. The molecule has 0 unspecified atom stereocenters. The molecule has 1 aromatic rings.